The van der Waals surface area contributed by atoms with Gasteiger partial charge < -0.3 is 9.88 Å². The highest BCUT2D eigenvalue weighted by molar-refractivity contribution is 5.50. The van der Waals surface area contributed by atoms with Crippen LogP contribution < -0.4 is 5.32 Å². The van der Waals surface area contributed by atoms with E-state index < -0.39 is 0 Å². The van der Waals surface area contributed by atoms with Crippen LogP contribution in [0.15, 0.2) is 43.1 Å². The number of anilines is 1. The summed E-state index contributed by atoms with van der Waals surface area (Å²) in [6.45, 7) is 0.759. The Balaban J connectivity index is 1.49. The summed E-state index contributed by atoms with van der Waals surface area (Å²) in [6.07, 6.45) is 7.96. The van der Waals surface area contributed by atoms with Crippen molar-refractivity contribution in [2.75, 3.05) is 5.32 Å². The van der Waals surface area contributed by atoms with E-state index in [1.807, 2.05) is 36.8 Å². The largest absolute Gasteiger partial charge is 0.379 e. The van der Waals surface area contributed by atoms with Crippen LogP contribution in [0.1, 0.15) is 24.6 Å². The Labute approximate surface area is 121 Å². The van der Waals surface area contributed by atoms with Gasteiger partial charge in [0.05, 0.1) is 24.3 Å². The molecule has 0 amide bonds. The second-order valence-corrected chi connectivity index (χ2v) is 5.18. The molecule has 4 rings (SSSR count). The maximum atomic E-state index is 4.25. The van der Waals surface area contributed by atoms with E-state index in [0.717, 1.165) is 17.9 Å². The third kappa shape index (κ3) is 2.49. The fraction of sp³-hybridized carbons (Fsp3) is 0.286. The fourth-order valence-electron chi connectivity index (χ4n) is 2.38. The molecule has 21 heavy (non-hydrogen) atoms. The summed E-state index contributed by atoms with van der Waals surface area (Å²) < 4.78 is 3.90. The lowest BCUT2D eigenvalue weighted by atomic mass is 10.2. The van der Waals surface area contributed by atoms with Crippen molar-refractivity contribution in [3.63, 3.8) is 0 Å². The molecule has 0 aliphatic heterocycles. The Morgan fingerprint density at radius 2 is 2.19 bits per heavy atom. The Kier molecular flexibility index (Phi) is 2.88. The first-order valence-electron chi connectivity index (χ1n) is 6.98. The zero-order valence-corrected chi connectivity index (χ0v) is 11.4. The highest BCUT2D eigenvalue weighted by Gasteiger charge is 2.24. The van der Waals surface area contributed by atoms with Crippen molar-refractivity contribution in [1.29, 1.82) is 0 Å². The van der Waals surface area contributed by atoms with Gasteiger partial charge in [0.25, 0.3) is 0 Å². The standard InChI is InChI=1S/C14H15N7/c1-2-11(6-13(3-1)21-10-17-18-19-21)16-8-14-7-15-9-20(14)12-4-5-12/h1-3,6-7,9-10,12,16H,4-5,8H2. The number of nitrogens with one attached hydrogen (secondary N) is 1. The average molecular weight is 281 g/mol. The van der Waals surface area contributed by atoms with E-state index >= 15 is 0 Å². The number of hydrogen-bond donors (Lipinski definition) is 1. The Morgan fingerprint density at radius 1 is 1.24 bits per heavy atom. The molecule has 106 valence electrons. The third-order valence-corrected chi connectivity index (χ3v) is 3.62. The molecule has 2 heterocycles. The van der Waals surface area contributed by atoms with Crippen molar-refractivity contribution < 1.29 is 0 Å². The van der Waals surface area contributed by atoms with Gasteiger partial charge in [-0.05, 0) is 41.5 Å². The molecular weight excluding hydrogens is 266 g/mol. The zero-order valence-electron chi connectivity index (χ0n) is 11.4. The van der Waals surface area contributed by atoms with Crippen molar-refractivity contribution in [2.24, 2.45) is 0 Å². The van der Waals surface area contributed by atoms with Gasteiger partial charge in [0.15, 0.2) is 0 Å². The summed E-state index contributed by atoms with van der Waals surface area (Å²) in [7, 11) is 0. The van der Waals surface area contributed by atoms with Gasteiger partial charge in [0.2, 0.25) is 0 Å². The first-order valence-corrected chi connectivity index (χ1v) is 6.98. The summed E-state index contributed by atoms with van der Waals surface area (Å²) in [5, 5.41) is 14.6. The number of tetrazole rings is 1. The van der Waals surface area contributed by atoms with Crippen LogP contribution in [0.3, 0.4) is 0 Å². The van der Waals surface area contributed by atoms with Crippen LogP contribution in [-0.4, -0.2) is 29.8 Å². The Bertz CT molecular complexity index is 727. The zero-order chi connectivity index (χ0) is 14.1. The molecule has 1 aliphatic rings. The quantitative estimate of drug-likeness (QED) is 0.772. The van der Waals surface area contributed by atoms with E-state index in [4.69, 9.17) is 0 Å². The lowest BCUT2D eigenvalue weighted by Crippen LogP contribution is -2.06. The minimum atomic E-state index is 0.650. The van der Waals surface area contributed by atoms with Crippen LogP contribution >= 0.6 is 0 Å². The van der Waals surface area contributed by atoms with Gasteiger partial charge in [-0.15, -0.1) is 5.10 Å². The molecule has 2 aromatic heterocycles. The molecule has 7 heteroatoms. The first kappa shape index (κ1) is 12.1. The molecule has 0 unspecified atom stereocenters. The normalized spacial score (nSPS) is 14.3. The van der Waals surface area contributed by atoms with Crippen LogP contribution in [0.25, 0.3) is 5.69 Å². The minimum absolute atomic E-state index is 0.650. The molecule has 1 aromatic carbocycles. The highest BCUT2D eigenvalue weighted by atomic mass is 15.5. The summed E-state index contributed by atoms with van der Waals surface area (Å²) >= 11 is 0. The third-order valence-electron chi connectivity index (χ3n) is 3.62. The van der Waals surface area contributed by atoms with Gasteiger partial charge >= 0.3 is 0 Å². The molecule has 0 saturated heterocycles. The summed E-state index contributed by atoms with van der Waals surface area (Å²) in [4.78, 5) is 4.25. The lowest BCUT2D eigenvalue weighted by Gasteiger charge is -2.10. The fourth-order valence-corrected chi connectivity index (χ4v) is 2.38. The smallest absolute Gasteiger partial charge is 0.143 e. The average Bonchev–Trinajstić information content (AvgIpc) is 3.04. The van der Waals surface area contributed by atoms with Crippen molar-refractivity contribution in [3.8, 4) is 5.69 Å². The van der Waals surface area contributed by atoms with Crippen molar-refractivity contribution in [2.45, 2.75) is 25.4 Å². The van der Waals surface area contributed by atoms with E-state index in [9.17, 15) is 0 Å². The number of benzene rings is 1. The Morgan fingerprint density at radius 3 is 3.00 bits per heavy atom. The predicted molar refractivity (Wildman–Crippen MR) is 77.0 cm³/mol. The number of nitrogens with zero attached hydrogens (tertiary/aromatic N) is 6. The van der Waals surface area contributed by atoms with Crippen molar-refractivity contribution in [3.05, 3.63) is 48.8 Å². The molecule has 1 fully saturated rings. The van der Waals surface area contributed by atoms with Crippen molar-refractivity contribution >= 4 is 5.69 Å². The van der Waals surface area contributed by atoms with Gasteiger partial charge in [0.1, 0.15) is 6.33 Å². The van der Waals surface area contributed by atoms with Gasteiger partial charge in [-0.1, -0.05) is 6.07 Å². The first-order chi connectivity index (χ1) is 10.4. The SMILES string of the molecule is c1cc(NCc2cncn2C2CC2)cc(-n2cnnn2)c1. The molecule has 1 saturated carbocycles. The Hall–Kier alpha value is -2.70. The maximum Gasteiger partial charge on any atom is 0.143 e. The van der Waals surface area contributed by atoms with Crippen LogP contribution in [0.5, 0.6) is 0 Å². The van der Waals surface area contributed by atoms with Crippen LogP contribution in [0.4, 0.5) is 5.69 Å². The van der Waals surface area contributed by atoms with Gasteiger partial charge in [-0.2, -0.15) is 0 Å². The van der Waals surface area contributed by atoms with E-state index in [1.165, 1.54) is 18.5 Å². The molecule has 1 N–H and O–H groups in total. The minimum Gasteiger partial charge on any atom is -0.379 e. The van der Waals surface area contributed by atoms with E-state index in [1.54, 1.807) is 11.0 Å². The van der Waals surface area contributed by atoms with E-state index in [0.29, 0.717) is 6.04 Å². The summed E-state index contributed by atoms with van der Waals surface area (Å²) in [5.74, 6) is 0. The monoisotopic (exact) mass is 281 g/mol. The molecule has 0 spiro atoms. The molecule has 0 atom stereocenters. The molecule has 1 aliphatic carbocycles. The van der Waals surface area contributed by atoms with Gasteiger partial charge in [0, 0.05) is 17.9 Å². The summed E-state index contributed by atoms with van der Waals surface area (Å²) in [5.41, 5.74) is 3.18. The van der Waals surface area contributed by atoms with Crippen molar-refractivity contribution in [1.82, 2.24) is 29.8 Å². The van der Waals surface area contributed by atoms with Gasteiger partial charge in [-0.3, -0.25) is 0 Å². The topological polar surface area (TPSA) is 73.5 Å². The number of imidazole rings is 1. The number of hydrogen-bond acceptors (Lipinski definition) is 5. The lowest BCUT2D eigenvalue weighted by molar-refractivity contribution is 0.701. The maximum absolute atomic E-state index is 4.25. The van der Waals surface area contributed by atoms with E-state index in [2.05, 4.69) is 30.4 Å². The number of rotatable bonds is 5. The van der Waals surface area contributed by atoms with Gasteiger partial charge in [-0.25, -0.2) is 9.67 Å². The molecule has 3 aromatic rings. The van der Waals surface area contributed by atoms with Crippen LogP contribution in [0, 0.1) is 0 Å². The molecule has 0 bridgehead atoms. The summed E-state index contributed by atoms with van der Waals surface area (Å²) in [6, 6.07) is 8.66. The van der Waals surface area contributed by atoms with Crippen LogP contribution in [0.2, 0.25) is 0 Å². The number of aromatic nitrogens is 6. The van der Waals surface area contributed by atoms with Crippen LogP contribution in [-0.2, 0) is 6.54 Å². The highest BCUT2D eigenvalue weighted by Crippen LogP contribution is 2.35. The van der Waals surface area contributed by atoms with E-state index in [-0.39, 0.29) is 0 Å². The molecule has 7 nitrogen and oxygen atoms in total. The predicted octanol–water partition coefficient (Wildman–Crippen LogP) is 1.81. The second kappa shape index (κ2) is 5.01. The second-order valence-electron chi connectivity index (χ2n) is 5.18. The molecular formula is C14H15N7. The molecule has 0 radical (unpaired) electrons.